The summed E-state index contributed by atoms with van der Waals surface area (Å²) in [6.45, 7) is 0.449. The van der Waals surface area contributed by atoms with Crippen LogP contribution in [0.4, 0.5) is 0 Å². The molecule has 1 unspecified atom stereocenters. The van der Waals surface area contributed by atoms with Crippen LogP contribution in [0.15, 0.2) is 0 Å². The molecule has 6 nitrogen and oxygen atoms in total. The number of rotatable bonds is 3. The summed E-state index contributed by atoms with van der Waals surface area (Å²) in [5, 5.41) is 9.83. The summed E-state index contributed by atoms with van der Waals surface area (Å²) in [4.78, 5) is 12.6. The SMILES string of the molecule is O=C(O)[C@@H]1CCCN1NS(=O)[O-]. The molecule has 1 aliphatic rings. The van der Waals surface area contributed by atoms with Crippen molar-refractivity contribution in [1.29, 1.82) is 0 Å². The Morgan fingerprint density at radius 3 is 2.92 bits per heavy atom. The van der Waals surface area contributed by atoms with E-state index in [0.717, 1.165) is 0 Å². The lowest BCUT2D eigenvalue weighted by atomic mass is 10.2. The molecule has 0 aliphatic carbocycles. The molecule has 1 saturated heterocycles. The van der Waals surface area contributed by atoms with Gasteiger partial charge in [-0.25, -0.2) is 5.01 Å². The molecule has 0 saturated carbocycles. The van der Waals surface area contributed by atoms with E-state index < -0.39 is 23.3 Å². The first-order valence-corrected chi connectivity index (χ1v) is 4.54. The van der Waals surface area contributed by atoms with E-state index in [4.69, 9.17) is 5.11 Å². The van der Waals surface area contributed by atoms with Crippen molar-refractivity contribution in [3.63, 3.8) is 0 Å². The van der Waals surface area contributed by atoms with Crippen molar-refractivity contribution in [2.45, 2.75) is 18.9 Å². The molecule has 1 rings (SSSR count). The minimum Gasteiger partial charge on any atom is -0.759 e. The normalized spacial score (nSPS) is 27.2. The van der Waals surface area contributed by atoms with Gasteiger partial charge in [-0.1, -0.05) is 0 Å². The summed E-state index contributed by atoms with van der Waals surface area (Å²) < 4.78 is 20.4. The van der Waals surface area contributed by atoms with Crippen molar-refractivity contribution in [3.8, 4) is 0 Å². The highest BCUT2D eigenvalue weighted by Crippen LogP contribution is 2.14. The minimum atomic E-state index is -2.43. The number of nitrogens with zero attached hydrogens (tertiary/aromatic N) is 1. The Balaban J connectivity index is 2.52. The standard InChI is InChI=1S/C5H10N2O4S/c8-5(9)4-2-1-3-7(4)6-12(10)11/h4,6H,1-3H2,(H,8,9)(H,10,11)/p-1/t4-/m0/s1. The molecule has 1 heterocycles. The van der Waals surface area contributed by atoms with Crippen LogP contribution in [-0.2, 0) is 16.1 Å². The number of hydrazine groups is 1. The number of carboxylic acids is 1. The lowest BCUT2D eigenvalue weighted by molar-refractivity contribution is -0.142. The summed E-state index contributed by atoms with van der Waals surface area (Å²) in [6.07, 6.45) is 1.18. The van der Waals surface area contributed by atoms with Crippen molar-refractivity contribution in [1.82, 2.24) is 9.84 Å². The first kappa shape index (κ1) is 9.59. The number of hydrogen-bond donors (Lipinski definition) is 2. The Kier molecular flexibility index (Phi) is 3.15. The zero-order chi connectivity index (χ0) is 9.14. The smallest absolute Gasteiger partial charge is 0.322 e. The summed E-state index contributed by atoms with van der Waals surface area (Å²) in [6, 6.07) is -0.720. The maximum Gasteiger partial charge on any atom is 0.322 e. The molecule has 0 aromatic carbocycles. The van der Waals surface area contributed by atoms with Gasteiger partial charge in [0.15, 0.2) is 0 Å². The predicted molar refractivity (Wildman–Crippen MR) is 39.4 cm³/mol. The monoisotopic (exact) mass is 193 g/mol. The molecule has 0 aromatic heterocycles. The number of hydrogen-bond acceptors (Lipinski definition) is 4. The third-order valence-electron chi connectivity index (χ3n) is 1.73. The van der Waals surface area contributed by atoms with Crippen molar-refractivity contribution < 1.29 is 18.7 Å². The summed E-state index contributed by atoms with van der Waals surface area (Å²) in [5.41, 5.74) is 0. The van der Waals surface area contributed by atoms with Gasteiger partial charge in [0.05, 0.1) is 0 Å². The second-order valence-electron chi connectivity index (χ2n) is 2.52. The van der Waals surface area contributed by atoms with Crippen molar-refractivity contribution in [3.05, 3.63) is 0 Å². The van der Waals surface area contributed by atoms with Crippen LogP contribution in [0.25, 0.3) is 0 Å². The fourth-order valence-electron chi connectivity index (χ4n) is 1.23. The van der Waals surface area contributed by atoms with E-state index in [2.05, 4.69) is 0 Å². The van der Waals surface area contributed by atoms with Gasteiger partial charge >= 0.3 is 5.97 Å². The third kappa shape index (κ3) is 2.24. The van der Waals surface area contributed by atoms with Gasteiger partial charge in [-0.15, -0.1) is 0 Å². The second-order valence-corrected chi connectivity index (χ2v) is 3.17. The van der Waals surface area contributed by atoms with Crippen LogP contribution in [0.1, 0.15) is 12.8 Å². The van der Waals surface area contributed by atoms with E-state index in [-0.39, 0.29) is 0 Å². The van der Waals surface area contributed by atoms with E-state index in [1.807, 2.05) is 4.83 Å². The molecule has 1 aliphatic heterocycles. The Labute approximate surface area is 71.9 Å². The van der Waals surface area contributed by atoms with Crippen LogP contribution in [0.2, 0.25) is 0 Å². The molecule has 0 amide bonds. The highest BCUT2D eigenvalue weighted by atomic mass is 32.2. The zero-order valence-electron chi connectivity index (χ0n) is 6.23. The maximum atomic E-state index is 10.5. The lowest BCUT2D eigenvalue weighted by Crippen LogP contribution is -2.46. The van der Waals surface area contributed by atoms with Gasteiger partial charge in [-0.3, -0.25) is 9.00 Å². The molecule has 1 fully saturated rings. The maximum absolute atomic E-state index is 10.5. The fraction of sp³-hybridized carbons (Fsp3) is 0.800. The van der Waals surface area contributed by atoms with Crippen molar-refractivity contribution in [2.75, 3.05) is 6.54 Å². The number of carboxylic acid groups (broad SMARTS) is 1. The van der Waals surface area contributed by atoms with Crippen LogP contribution in [0.5, 0.6) is 0 Å². The van der Waals surface area contributed by atoms with Crippen molar-refractivity contribution in [2.24, 2.45) is 0 Å². The van der Waals surface area contributed by atoms with Gasteiger partial charge in [0.25, 0.3) is 0 Å². The molecule has 7 heteroatoms. The predicted octanol–water partition coefficient (Wildman–Crippen LogP) is -1.17. The number of aliphatic carboxylic acids is 1. The molecular formula is C5H9N2O4S-. The highest BCUT2D eigenvalue weighted by Gasteiger charge is 2.30. The van der Waals surface area contributed by atoms with E-state index in [0.29, 0.717) is 19.4 Å². The average molecular weight is 193 g/mol. The van der Waals surface area contributed by atoms with Gasteiger partial charge in [-0.05, 0) is 12.8 Å². The minimum absolute atomic E-state index is 0.449. The lowest BCUT2D eigenvalue weighted by Gasteiger charge is -2.22. The molecule has 12 heavy (non-hydrogen) atoms. The molecule has 2 N–H and O–H groups in total. The fourth-order valence-corrected chi connectivity index (χ4v) is 1.64. The van der Waals surface area contributed by atoms with Crippen molar-refractivity contribution >= 4 is 17.2 Å². The summed E-state index contributed by atoms with van der Waals surface area (Å²) >= 11 is -2.43. The number of nitrogens with one attached hydrogen (secondary N) is 1. The van der Waals surface area contributed by atoms with Crippen LogP contribution in [-0.4, -0.2) is 37.4 Å². The first-order chi connectivity index (χ1) is 5.61. The van der Waals surface area contributed by atoms with Gasteiger partial charge < -0.3 is 9.66 Å². The summed E-state index contributed by atoms with van der Waals surface area (Å²) in [5.74, 6) is -0.995. The summed E-state index contributed by atoms with van der Waals surface area (Å²) in [7, 11) is 0. The van der Waals surface area contributed by atoms with E-state index in [1.165, 1.54) is 5.01 Å². The Hall–Kier alpha value is -0.500. The molecular weight excluding hydrogens is 184 g/mol. The largest absolute Gasteiger partial charge is 0.759 e. The van der Waals surface area contributed by atoms with Crippen LogP contribution >= 0.6 is 0 Å². The number of carbonyl (C=O) groups is 1. The Morgan fingerprint density at radius 1 is 1.75 bits per heavy atom. The Bertz CT molecular complexity index is 210. The first-order valence-electron chi connectivity index (χ1n) is 3.46. The van der Waals surface area contributed by atoms with E-state index in [1.54, 1.807) is 0 Å². The molecule has 0 aromatic rings. The molecule has 0 bridgehead atoms. The van der Waals surface area contributed by atoms with Gasteiger partial charge in [0.1, 0.15) is 6.04 Å². The highest BCUT2D eigenvalue weighted by molar-refractivity contribution is 7.76. The van der Waals surface area contributed by atoms with Crippen LogP contribution in [0, 0.1) is 0 Å². The zero-order valence-corrected chi connectivity index (χ0v) is 7.04. The van der Waals surface area contributed by atoms with Crippen LogP contribution < -0.4 is 4.83 Å². The van der Waals surface area contributed by atoms with E-state index in [9.17, 15) is 13.6 Å². The molecule has 70 valence electrons. The molecule has 2 atom stereocenters. The van der Waals surface area contributed by atoms with E-state index >= 15 is 0 Å². The van der Waals surface area contributed by atoms with Gasteiger partial charge in [0, 0.05) is 17.8 Å². The molecule has 0 spiro atoms. The average Bonchev–Trinajstić information content (AvgIpc) is 2.33. The van der Waals surface area contributed by atoms with Crippen LogP contribution in [0.3, 0.4) is 0 Å². The second kappa shape index (κ2) is 3.94. The Morgan fingerprint density at radius 2 is 2.42 bits per heavy atom. The molecule has 0 radical (unpaired) electrons. The third-order valence-corrected chi connectivity index (χ3v) is 2.11. The van der Waals surface area contributed by atoms with Gasteiger partial charge in [0.2, 0.25) is 0 Å². The topological polar surface area (TPSA) is 92.7 Å². The quantitative estimate of drug-likeness (QED) is 0.551. The van der Waals surface area contributed by atoms with Gasteiger partial charge in [-0.2, -0.15) is 4.83 Å².